The Labute approximate surface area is 96.5 Å². The van der Waals surface area contributed by atoms with Gasteiger partial charge >= 0.3 is 0 Å². The Hall–Kier alpha value is -1.65. The van der Waals surface area contributed by atoms with Gasteiger partial charge in [-0.15, -0.1) is 11.3 Å². The smallest absolute Gasteiger partial charge is 0.227 e. The minimum absolute atomic E-state index is 0.408. The second-order valence-corrected chi connectivity index (χ2v) is 4.40. The lowest BCUT2D eigenvalue weighted by atomic mass is 10.2. The van der Waals surface area contributed by atoms with Crippen LogP contribution in [-0.2, 0) is 6.54 Å². The van der Waals surface area contributed by atoms with Gasteiger partial charge in [0.1, 0.15) is 6.26 Å². The molecule has 3 aromatic rings. The molecule has 0 saturated carbocycles. The molecule has 0 spiro atoms. The number of nitrogens with zero attached hydrogens (tertiary/aromatic N) is 1. The maximum Gasteiger partial charge on any atom is 0.227 e. The van der Waals surface area contributed by atoms with Crippen LogP contribution < -0.4 is 5.73 Å². The van der Waals surface area contributed by atoms with Crippen molar-refractivity contribution in [2.45, 2.75) is 6.54 Å². The standard InChI is InChI=1S/C12H10N2OS/c13-5-8-6-15-12(14-8)10-7-16-11-4-2-1-3-9(10)11/h1-4,6-7H,5,13H2. The van der Waals surface area contributed by atoms with E-state index in [0.717, 1.165) is 11.3 Å². The first-order valence-electron chi connectivity index (χ1n) is 4.99. The summed E-state index contributed by atoms with van der Waals surface area (Å²) in [6.07, 6.45) is 1.61. The number of rotatable bonds is 2. The summed E-state index contributed by atoms with van der Waals surface area (Å²) in [6, 6.07) is 8.22. The van der Waals surface area contributed by atoms with Crippen molar-refractivity contribution in [3.05, 3.63) is 41.6 Å². The molecule has 16 heavy (non-hydrogen) atoms. The quantitative estimate of drug-likeness (QED) is 0.736. The fourth-order valence-electron chi connectivity index (χ4n) is 1.67. The van der Waals surface area contributed by atoms with Gasteiger partial charge in [-0.3, -0.25) is 0 Å². The van der Waals surface area contributed by atoms with Crippen LogP contribution in [0.3, 0.4) is 0 Å². The number of oxazole rings is 1. The fraction of sp³-hybridized carbons (Fsp3) is 0.0833. The fourth-order valence-corrected chi connectivity index (χ4v) is 2.60. The monoisotopic (exact) mass is 230 g/mol. The number of thiophene rings is 1. The second kappa shape index (κ2) is 3.73. The maximum absolute atomic E-state index is 5.51. The molecule has 80 valence electrons. The summed E-state index contributed by atoms with van der Waals surface area (Å²) >= 11 is 1.69. The molecule has 0 saturated heterocycles. The highest BCUT2D eigenvalue weighted by atomic mass is 32.1. The van der Waals surface area contributed by atoms with Crippen LogP contribution in [0.4, 0.5) is 0 Å². The van der Waals surface area contributed by atoms with E-state index >= 15 is 0 Å². The largest absolute Gasteiger partial charge is 0.444 e. The van der Waals surface area contributed by atoms with Crippen molar-refractivity contribution in [2.24, 2.45) is 5.73 Å². The highest BCUT2D eigenvalue weighted by molar-refractivity contribution is 7.17. The molecule has 0 amide bonds. The van der Waals surface area contributed by atoms with E-state index in [-0.39, 0.29) is 0 Å². The summed E-state index contributed by atoms with van der Waals surface area (Å²) in [7, 11) is 0. The zero-order valence-electron chi connectivity index (χ0n) is 8.51. The molecule has 3 rings (SSSR count). The summed E-state index contributed by atoms with van der Waals surface area (Å²) in [4.78, 5) is 4.34. The Kier molecular flexibility index (Phi) is 2.23. The molecule has 2 heterocycles. The first-order chi connectivity index (χ1) is 7.88. The molecule has 0 fully saturated rings. The Morgan fingerprint density at radius 2 is 2.19 bits per heavy atom. The predicted octanol–water partition coefficient (Wildman–Crippen LogP) is 3.02. The lowest BCUT2D eigenvalue weighted by Gasteiger charge is -1.92. The van der Waals surface area contributed by atoms with Crippen molar-refractivity contribution in [1.29, 1.82) is 0 Å². The molecule has 2 aromatic heterocycles. The molecule has 0 unspecified atom stereocenters. The summed E-state index contributed by atoms with van der Waals surface area (Å²) in [5.41, 5.74) is 7.33. The Bertz CT molecular complexity index is 627. The minimum Gasteiger partial charge on any atom is -0.444 e. The highest BCUT2D eigenvalue weighted by Gasteiger charge is 2.10. The molecule has 0 aliphatic rings. The van der Waals surface area contributed by atoms with Gasteiger partial charge in [-0.2, -0.15) is 0 Å². The van der Waals surface area contributed by atoms with E-state index in [4.69, 9.17) is 10.2 Å². The topological polar surface area (TPSA) is 52.0 Å². The normalized spacial score (nSPS) is 11.1. The van der Waals surface area contributed by atoms with E-state index in [2.05, 4.69) is 22.5 Å². The maximum atomic E-state index is 5.51. The van der Waals surface area contributed by atoms with Crippen LogP contribution in [0.25, 0.3) is 21.5 Å². The molecule has 2 N–H and O–H groups in total. The number of fused-ring (bicyclic) bond motifs is 1. The second-order valence-electron chi connectivity index (χ2n) is 3.49. The van der Waals surface area contributed by atoms with Crippen molar-refractivity contribution in [2.75, 3.05) is 0 Å². The molecular weight excluding hydrogens is 220 g/mol. The number of benzene rings is 1. The van der Waals surface area contributed by atoms with E-state index in [9.17, 15) is 0 Å². The lowest BCUT2D eigenvalue weighted by molar-refractivity contribution is 0.573. The molecule has 0 bridgehead atoms. The first kappa shape index (κ1) is 9.57. The van der Waals surface area contributed by atoms with Gasteiger partial charge in [0.2, 0.25) is 5.89 Å². The van der Waals surface area contributed by atoms with Crippen LogP contribution in [0.1, 0.15) is 5.69 Å². The Balaban J connectivity index is 2.18. The van der Waals surface area contributed by atoms with Crippen molar-refractivity contribution in [3.63, 3.8) is 0 Å². The van der Waals surface area contributed by atoms with Crippen LogP contribution in [0.15, 0.2) is 40.3 Å². The third-order valence-electron chi connectivity index (χ3n) is 2.47. The highest BCUT2D eigenvalue weighted by Crippen LogP contribution is 2.33. The summed E-state index contributed by atoms with van der Waals surface area (Å²) in [5.74, 6) is 0.651. The third-order valence-corrected chi connectivity index (χ3v) is 3.44. The number of hydrogen-bond donors (Lipinski definition) is 1. The van der Waals surface area contributed by atoms with Crippen LogP contribution in [0, 0.1) is 0 Å². The summed E-state index contributed by atoms with van der Waals surface area (Å²) < 4.78 is 6.66. The minimum atomic E-state index is 0.408. The number of aromatic nitrogens is 1. The molecule has 0 atom stereocenters. The van der Waals surface area contributed by atoms with Gasteiger partial charge in [-0.1, -0.05) is 18.2 Å². The third kappa shape index (κ3) is 1.43. The number of nitrogens with two attached hydrogens (primary N) is 1. The van der Waals surface area contributed by atoms with Crippen molar-refractivity contribution < 1.29 is 4.42 Å². The van der Waals surface area contributed by atoms with Gasteiger partial charge in [0.25, 0.3) is 0 Å². The molecular formula is C12H10N2OS. The zero-order valence-corrected chi connectivity index (χ0v) is 9.33. The van der Waals surface area contributed by atoms with Gasteiger partial charge in [-0.25, -0.2) is 4.98 Å². The molecule has 4 heteroatoms. The summed E-state index contributed by atoms with van der Waals surface area (Å²) in [5, 5.41) is 3.24. The molecule has 3 nitrogen and oxygen atoms in total. The van der Waals surface area contributed by atoms with Gasteiger partial charge < -0.3 is 10.2 Å². The van der Waals surface area contributed by atoms with Crippen LogP contribution in [-0.4, -0.2) is 4.98 Å². The van der Waals surface area contributed by atoms with Crippen LogP contribution in [0.2, 0.25) is 0 Å². The molecule has 0 radical (unpaired) electrons. The van der Waals surface area contributed by atoms with Crippen molar-refractivity contribution in [1.82, 2.24) is 4.98 Å². The Morgan fingerprint density at radius 1 is 1.31 bits per heavy atom. The van der Waals surface area contributed by atoms with Gasteiger partial charge in [0, 0.05) is 22.0 Å². The van der Waals surface area contributed by atoms with Crippen molar-refractivity contribution >= 4 is 21.4 Å². The molecule has 0 aliphatic carbocycles. The van der Waals surface area contributed by atoms with E-state index in [0.29, 0.717) is 12.4 Å². The molecule has 1 aromatic carbocycles. The van der Waals surface area contributed by atoms with E-state index in [1.807, 2.05) is 12.1 Å². The van der Waals surface area contributed by atoms with Gasteiger partial charge in [0.15, 0.2) is 0 Å². The summed E-state index contributed by atoms with van der Waals surface area (Å²) in [6.45, 7) is 0.408. The average Bonchev–Trinajstić information content (AvgIpc) is 2.94. The Morgan fingerprint density at radius 3 is 3.00 bits per heavy atom. The van der Waals surface area contributed by atoms with Crippen LogP contribution in [0.5, 0.6) is 0 Å². The molecule has 0 aliphatic heterocycles. The van der Waals surface area contributed by atoms with Crippen molar-refractivity contribution in [3.8, 4) is 11.5 Å². The predicted molar refractivity (Wildman–Crippen MR) is 65.2 cm³/mol. The average molecular weight is 230 g/mol. The van der Waals surface area contributed by atoms with E-state index in [1.165, 1.54) is 10.1 Å². The van der Waals surface area contributed by atoms with Gasteiger partial charge in [-0.05, 0) is 6.07 Å². The van der Waals surface area contributed by atoms with E-state index < -0.39 is 0 Å². The number of hydrogen-bond acceptors (Lipinski definition) is 4. The van der Waals surface area contributed by atoms with E-state index in [1.54, 1.807) is 17.6 Å². The van der Waals surface area contributed by atoms with Gasteiger partial charge in [0.05, 0.1) is 11.3 Å². The SMILES string of the molecule is NCc1coc(-c2csc3ccccc23)n1. The first-order valence-corrected chi connectivity index (χ1v) is 5.87. The lowest BCUT2D eigenvalue weighted by Crippen LogP contribution is -1.95. The van der Waals surface area contributed by atoms with Crippen LogP contribution >= 0.6 is 11.3 Å². The zero-order chi connectivity index (χ0) is 11.0.